The molecule has 2 aromatic rings. The molecular weight excluding hydrogens is 393 g/mol. The van der Waals surface area contributed by atoms with Gasteiger partial charge in [0.2, 0.25) is 0 Å². The molecule has 1 atom stereocenters. The second-order valence-electron chi connectivity index (χ2n) is 5.27. The van der Waals surface area contributed by atoms with Gasteiger partial charge in [-0.3, -0.25) is 9.59 Å². The number of carbonyl (C=O) groups is 2. The first kappa shape index (κ1) is 18.9. The molecule has 7 heteroatoms. The highest BCUT2D eigenvalue weighted by molar-refractivity contribution is 9.10. The maximum Gasteiger partial charge on any atom is 0.311 e. The molecule has 0 aliphatic carbocycles. The summed E-state index contributed by atoms with van der Waals surface area (Å²) in [6, 6.07) is 11.2. The first-order valence-electron chi connectivity index (χ1n) is 7.47. The Kier molecular flexibility index (Phi) is 6.52. The smallest absolute Gasteiger partial charge is 0.311 e. The topological polar surface area (TPSA) is 64.6 Å². The van der Waals surface area contributed by atoms with Gasteiger partial charge in [-0.05, 0) is 48.9 Å². The highest BCUT2D eigenvalue weighted by Gasteiger charge is 2.18. The number of carbonyl (C=O) groups excluding carboxylic acids is 2. The molecule has 5 nitrogen and oxygen atoms in total. The van der Waals surface area contributed by atoms with Crippen molar-refractivity contribution < 1.29 is 23.5 Å². The van der Waals surface area contributed by atoms with Gasteiger partial charge in [0, 0.05) is 10.2 Å². The number of hydrogen-bond acceptors (Lipinski definition) is 4. The molecule has 2 aromatic carbocycles. The van der Waals surface area contributed by atoms with Crippen molar-refractivity contribution in [1.82, 2.24) is 0 Å². The van der Waals surface area contributed by atoms with Crippen LogP contribution in [0.3, 0.4) is 0 Å². The molecule has 1 N–H and O–H groups in total. The van der Waals surface area contributed by atoms with Crippen molar-refractivity contribution in [3.8, 4) is 5.75 Å². The molecule has 0 unspecified atom stereocenters. The van der Waals surface area contributed by atoms with E-state index in [0.29, 0.717) is 11.3 Å². The van der Waals surface area contributed by atoms with E-state index in [9.17, 15) is 14.0 Å². The highest BCUT2D eigenvalue weighted by atomic mass is 79.9. The van der Waals surface area contributed by atoms with Gasteiger partial charge in [0.15, 0.2) is 17.7 Å². The number of anilines is 1. The van der Waals surface area contributed by atoms with Gasteiger partial charge < -0.3 is 14.8 Å². The molecule has 2 rings (SSSR count). The van der Waals surface area contributed by atoms with Gasteiger partial charge in [0.05, 0.1) is 13.5 Å². The van der Waals surface area contributed by atoms with Crippen molar-refractivity contribution in [1.29, 1.82) is 0 Å². The average molecular weight is 410 g/mol. The zero-order chi connectivity index (χ0) is 18.4. The maximum atomic E-state index is 13.6. The number of benzene rings is 2. The lowest BCUT2D eigenvalue weighted by Gasteiger charge is -2.14. The Balaban J connectivity index is 1.89. The van der Waals surface area contributed by atoms with Gasteiger partial charge in [-0.15, -0.1) is 0 Å². The fourth-order valence-corrected chi connectivity index (χ4v) is 2.32. The number of methoxy groups -OCH3 is 1. The standard InChI is InChI=1S/C18H17BrFNO4/c1-11(18(23)21-14-6-4-13(19)5-7-14)25-17(22)10-12-3-8-16(24-2)15(20)9-12/h3-9,11H,10H2,1-2H3,(H,21,23)/t11-/m0/s1. The SMILES string of the molecule is COc1ccc(CC(=O)O[C@@H](C)C(=O)Nc2ccc(Br)cc2)cc1F. The average Bonchev–Trinajstić information content (AvgIpc) is 2.57. The lowest BCUT2D eigenvalue weighted by Crippen LogP contribution is -2.30. The number of esters is 1. The number of nitrogens with one attached hydrogen (secondary N) is 1. The van der Waals surface area contributed by atoms with Crippen LogP contribution in [0.15, 0.2) is 46.9 Å². The van der Waals surface area contributed by atoms with Gasteiger partial charge in [0.25, 0.3) is 5.91 Å². The molecule has 0 aliphatic heterocycles. The Hall–Kier alpha value is -2.41. The number of amides is 1. The van der Waals surface area contributed by atoms with Gasteiger partial charge >= 0.3 is 5.97 Å². The molecule has 0 radical (unpaired) electrons. The van der Waals surface area contributed by atoms with Crippen LogP contribution < -0.4 is 10.1 Å². The molecular formula is C18H17BrFNO4. The van der Waals surface area contributed by atoms with Crippen LogP contribution in [0.1, 0.15) is 12.5 Å². The van der Waals surface area contributed by atoms with Crippen molar-refractivity contribution in [2.45, 2.75) is 19.4 Å². The van der Waals surface area contributed by atoms with Gasteiger partial charge in [0.1, 0.15) is 0 Å². The van der Waals surface area contributed by atoms with Crippen LogP contribution in [0.2, 0.25) is 0 Å². The monoisotopic (exact) mass is 409 g/mol. The van der Waals surface area contributed by atoms with Crippen molar-refractivity contribution >= 4 is 33.5 Å². The minimum absolute atomic E-state index is 0.0966. The lowest BCUT2D eigenvalue weighted by molar-refractivity contribution is -0.152. The predicted molar refractivity (Wildman–Crippen MR) is 95.0 cm³/mol. The quantitative estimate of drug-likeness (QED) is 0.738. The fourth-order valence-electron chi connectivity index (χ4n) is 2.06. The fraction of sp³-hybridized carbons (Fsp3) is 0.222. The minimum atomic E-state index is -0.973. The van der Waals surface area contributed by atoms with E-state index in [1.807, 2.05) is 0 Å². The van der Waals surface area contributed by atoms with Crippen molar-refractivity contribution in [3.63, 3.8) is 0 Å². The number of ether oxygens (including phenoxy) is 2. The van der Waals surface area contributed by atoms with Crippen LogP contribution in [0.4, 0.5) is 10.1 Å². The molecule has 132 valence electrons. The summed E-state index contributed by atoms with van der Waals surface area (Å²) >= 11 is 3.30. The second-order valence-corrected chi connectivity index (χ2v) is 6.19. The molecule has 0 aromatic heterocycles. The Morgan fingerprint density at radius 3 is 2.48 bits per heavy atom. The summed E-state index contributed by atoms with van der Waals surface area (Å²) in [6.07, 6.45) is -1.11. The van der Waals surface area contributed by atoms with Gasteiger partial charge in [-0.1, -0.05) is 22.0 Å². The number of rotatable bonds is 6. The van der Waals surface area contributed by atoms with Crippen LogP contribution in [-0.2, 0) is 20.7 Å². The third kappa shape index (κ3) is 5.56. The maximum absolute atomic E-state index is 13.6. The van der Waals surface area contributed by atoms with E-state index in [1.165, 1.54) is 26.2 Å². The van der Waals surface area contributed by atoms with Crippen LogP contribution in [0.5, 0.6) is 5.75 Å². The van der Waals surface area contributed by atoms with E-state index < -0.39 is 23.8 Å². The molecule has 0 spiro atoms. The third-order valence-corrected chi connectivity index (χ3v) is 3.88. The Morgan fingerprint density at radius 1 is 1.20 bits per heavy atom. The molecule has 0 aliphatic rings. The van der Waals surface area contributed by atoms with E-state index >= 15 is 0 Å². The van der Waals surface area contributed by atoms with Crippen molar-refractivity contribution in [3.05, 3.63) is 58.3 Å². The zero-order valence-corrected chi connectivity index (χ0v) is 15.3. The summed E-state index contributed by atoms with van der Waals surface area (Å²) in [7, 11) is 1.36. The van der Waals surface area contributed by atoms with Crippen molar-refractivity contribution in [2.24, 2.45) is 0 Å². The summed E-state index contributed by atoms with van der Waals surface area (Å²) in [6.45, 7) is 1.47. The Bertz CT molecular complexity index is 764. The van der Waals surface area contributed by atoms with Gasteiger partial charge in [-0.25, -0.2) is 4.39 Å². The molecule has 0 saturated carbocycles. The first-order chi connectivity index (χ1) is 11.9. The van der Waals surface area contributed by atoms with Crippen molar-refractivity contribution in [2.75, 3.05) is 12.4 Å². The molecule has 25 heavy (non-hydrogen) atoms. The second kappa shape index (κ2) is 8.62. The minimum Gasteiger partial charge on any atom is -0.494 e. The number of hydrogen-bond donors (Lipinski definition) is 1. The normalized spacial score (nSPS) is 11.5. The van der Waals surface area contributed by atoms with E-state index in [0.717, 1.165) is 4.47 Å². The first-order valence-corrected chi connectivity index (χ1v) is 8.26. The molecule has 0 heterocycles. The van der Waals surface area contributed by atoms with Crippen LogP contribution >= 0.6 is 15.9 Å². The summed E-state index contributed by atoms with van der Waals surface area (Å²) in [5.41, 5.74) is 1.03. The van der Waals surface area contributed by atoms with E-state index in [1.54, 1.807) is 30.3 Å². The zero-order valence-electron chi connectivity index (χ0n) is 13.7. The van der Waals surface area contributed by atoms with E-state index in [2.05, 4.69) is 21.2 Å². The van der Waals surface area contributed by atoms with Gasteiger partial charge in [-0.2, -0.15) is 0 Å². The van der Waals surface area contributed by atoms with Crippen LogP contribution in [0.25, 0.3) is 0 Å². The summed E-state index contributed by atoms with van der Waals surface area (Å²) in [4.78, 5) is 24.0. The largest absolute Gasteiger partial charge is 0.494 e. The van der Waals surface area contributed by atoms with E-state index in [-0.39, 0.29) is 12.2 Å². The Morgan fingerprint density at radius 2 is 1.88 bits per heavy atom. The molecule has 1 amide bonds. The lowest BCUT2D eigenvalue weighted by atomic mass is 10.1. The summed E-state index contributed by atoms with van der Waals surface area (Å²) in [5, 5.41) is 2.65. The predicted octanol–water partition coefficient (Wildman–Crippen LogP) is 3.71. The summed E-state index contributed by atoms with van der Waals surface area (Å²) in [5.74, 6) is -1.53. The molecule has 0 fully saturated rings. The van der Waals surface area contributed by atoms with Crippen LogP contribution in [-0.4, -0.2) is 25.1 Å². The summed E-state index contributed by atoms with van der Waals surface area (Å²) < 4.78 is 24.4. The highest BCUT2D eigenvalue weighted by Crippen LogP contribution is 2.18. The molecule has 0 bridgehead atoms. The van der Waals surface area contributed by atoms with Crippen LogP contribution in [0, 0.1) is 5.82 Å². The Labute approximate surface area is 153 Å². The molecule has 0 saturated heterocycles. The number of halogens is 2. The van der Waals surface area contributed by atoms with E-state index in [4.69, 9.17) is 9.47 Å². The third-order valence-electron chi connectivity index (χ3n) is 3.35.